The van der Waals surface area contributed by atoms with Crippen LogP contribution < -0.4 is 5.32 Å². The molecular weight excluding hydrogens is 222 g/mol. The molecule has 2 rings (SSSR count). The summed E-state index contributed by atoms with van der Waals surface area (Å²) in [5.74, 6) is 0.626. The first-order chi connectivity index (χ1) is 8.79. The van der Waals surface area contributed by atoms with Crippen molar-refractivity contribution < 1.29 is 0 Å². The van der Waals surface area contributed by atoms with Crippen LogP contribution in [0.1, 0.15) is 37.4 Å². The van der Waals surface area contributed by atoms with Gasteiger partial charge in [0.15, 0.2) is 0 Å². The Morgan fingerprint density at radius 1 is 1.17 bits per heavy atom. The molecule has 1 aromatic carbocycles. The summed E-state index contributed by atoms with van der Waals surface area (Å²) in [6.45, 7) is 5.19. The smallest absolute Gasteiger partial charge is 0.115 e. The topological polar surface area (TPSA) is 37.8 Å². The van der Waals surface area contributed by atoms with Crippen LogP contribution in [0.4, 0.5) is 5.69 Å². The van der Waals surface area contributed by atoms with Gasteiger partial charge in [0, 0.05) is 11.9 Å². The van der Waals surface area contributed by atoms with Gasteiger partial charge in [-0.1, -0.05) is 26.0 Å². The summed E-state index contributed by atoms with van der Waals surface area (Å²) in [4.78, 5) is 8.08. The number of benzene rings is 1. The first-order valence-corrected chi connectivity index (χ1v) is 6.38. The fourth-order valence-electron chi connectivity index (χ4n) is 1.78. The first kappa shape index (κ1) is 12.6. The summed E-state index contributed by atoms with van der Waals surface area (Å²) < 4.78 is 0. The zero-order chi connectivity index (χ0) is 12.8. The Morgan fingerprint density at radius 2 is 1.94 bits per heavy atom. The van der Waals surface area contributed by atoms with Crippen LogP contribution in [0.2, 0.25) is 0 Å². The van der Waals surface area contributed by atoms with E-state index in [0.29, 0.717) is 5.92 Å². The molecule has 18 heavy (non-hydrogen) atoms. The second-order valence-electron chi connectivity index (χ2n) is 4.49. The molecule has 1 heterocycles. The Labute approximate surface area is 108 Å². The molecule has 1 unspecified atom stereocenters. The second-order valence-corrected chi connectivity index (χ2v) is 4.49. The normalized spacial score (nSPS) is 12.1. The number of anilines is 1. The quantitative estimate of drug-likeness (QED) is 0.869. The van der Waals surface area contributed by atoms with Gasteiger partial charge in [0.1, 0.15) is 6.33 Å². The van der Waals surface area contributed by atoms with E-state index < -0.39 is 0 Å². The molecule has 3 nitrogen and oxygen atoms in total. The van der Waals surface area contributed by atoms with Crippen molar-refractivity contribution in [3.63, 3.8) is 0 Å². The third-order valence-electron chi connectivity index (χ3n) is 3.21. The van der Waals surface area contributed by atoms with Crippen LogP contribution in [-0.2, 0) is 6.54 Å². The number of hydrogen-bond donors (Lipinski definition) is 1. The van der Waals surface area contributed by atoms with Crippen LogP contribution >= 0.6 is 0 Å². The van der Waals surface area contributed by atoms with Crippen LogP contribution in [0.15, 0.2) is 42.9 Å². The standard InChI is InChI=1S/C15H19N3/c1-3-12(2)13-4-6-14(7-5-13)17-10-15-8-9-16-11-18-15/h4-9,11-12,17H,3,10H2,1-2H3. The van der Waals surface area contributed by atoms with Crippen LogP contribution in [0.3, 0.4) is 0 Å². The highest BCUT2D eigenvalue weighted by atomic mass is 14.9. The van der Waals surface area contributed by atoms with Crippen LogP contribution in [0.25, 0.3) is 0 Å². The molecule has 3 heteroatoms. The van der Waals surface area contributed by atoms with E-state index in [4.69, 9.17) is 0 Å². The van der Waals surface area contributed by atoms with Gasteiger partial charge in [0.2, 0.25) is 0 Å². The van der Waals surface area contributed by atoms with Crippen molar-refractivity contribution in [2.45, 2.75) is 32.7 Å². The Hall–Kier alpha value is -1.90. The molecule has 0 aliphatic heterocycles. The molecule has 1 aromatic heterocycles. The molecule has 1 N–H and O–H groups in total. The lowest BCUT2D eigenvalue weighted by molar-refractivity contribution is 0.734. The van der Waals surface area contributed by atoms with Crippen molar-refractivity contribution >= 4 is 5.69 Å². The van der Waals surface area contributed by atoms with E-state index in [9.17, 15) is 0 Å². The van der Waals surface area contributed by atoms with Crippen molar-refractivity contribution in [1.82, 2.24) is 9.97 Å². The Morgan fingerprint density at radius 3 is 2.56 bits per heavy atom. The average molecular weight is 241 g/mol. The van der Waals surface area contributed by atoms with E-state index in [1.807, 2.05) is 6.07 Å². The van der Waals surface area contributed by atoms with Crippen LogP contribution in [-0.4, -0.2) is 9.97 Å². The summed E-state index contributed by atoms with van der Waals surface area (Å²) in [7, 11) is 0. The van der Waals surface area contributed by atoms with Crippen LogP contribution in [0.5, 0.6) is 0 Å². The summed E-state index contributed by atoms with van der Waals surface area (Å²) in [6, 6.07) is 10.6. The van der Waals surface area contributed by atoms with E-state index in [0.717, 1.165) is 17.9 Å². The van der Waals surface area contributed by atoms with Crippen molar-refractivity contribution in [2.75, 3.05) is 5.32 Å². The predicted molar refractivity (Wildman–Crippen MR) is 74.5 cm³/mol. The van der Waals surface area contributed by atoms with Gasteiger partial charge >= 0.3 is 0 Å². The van der Waals surface area contributed by atoms with Gasteiger partial charge in [0.05, 0.1) is 12.2 Å². The molecule has 0 spiro atoms. The molecule has 94 valence electrons. The van der Waals surface area contributed by atoms with Crippen molar-refractivity contribution in [1.29, 1.82) is 0 Å². The van der Waals surface area contributed by atoms with E-state index in [2.05, 4.69) is 53.4 Å². The highest BCUT2D eigenvalue weighted by Crippen LogP contribution is 2.20. The number of nitrogens with one attached hydrogen (secondary N) is 1. The third kappa shape index (κ3) is 3.29. The molecule has 0 aliphatic rings. The molecule has 0 radical (unpaired) electrons. The lowest BCUT2D eigenvalue weighted by atomic mass is 9.99. The van der Waals surface area contributed by atoms with E-state index in [1.54, 1.807) is 12.5 Å². The van der Waals surface area contributed by atoms with Gasteiger partial charge in [-0.15, -0.1) is 0 Å². The Balaban J connectivity index is 1.94. The fourth-order valence-corrected chi connectivity index (χ4v) is 1.78. The summed E-state index contributed by atoms with van der Waals surface area (Å²) in [5, 5.41) is 3.35. The first-order valence-electron chi connectivity index (χ1n) is 6.38. The van der Waals surface area contributed by atoms with Crippen LogP contribution in [0, 0.1) is 0 Å². The second kappa shape index (κ2) is 6.15. The maximum atomic E-state index is 4.18. The molecule has 2 aromatic rings. The zero-order valence-electron chi connectivity index (χ0n) is 10.9. The molecule has 0 aliphatic carbocycles. The molecule has 0 bridgehead atoms. The van der Waals surface area contributed by atoms with Crippen molar-refractivity contribution in [3.8, 4) is 0 Å². The maximum Gasteiger partial charge on any atom is 0.115 e. The lowest BCUT2D eigenvalue weighted by Gasteiger charge is -2.10. The molecule has 0 amide bonds. The number of aromatic nitrogens is 2. The minimum Gasteiger partial charge on any atom is -0.379 e. The Bertz CT molecular complexity index is 465. The summed E-state index contributed by atoms with van der Waals surface area (Å²) in [6.07, 6.45) is 4.51. The number of hydrogen-bond acceptors (Lipinski definition) is 3. The van der Waals surface area contributed by atoms with Gasteiger partial charge in [-0.2, -0.15) is 0 Å². The van der Waals surface area contributed by atoms with Gasteiger partial charge < -0.3 is 5.32 Å². The molecule has 0 saturated carbocycles. The SMILES string of the molecule is CCC(C)c1ccc(NCc2ccncn2)cc1. The van der Waals surface area contributed by atoms with E-state index in [-0.39, 0.29) is 0 Å². The van der Waals surface area contributed by atoms with Crippen molar-refractivity contribution in [2.24, 2.45) is 0 Å². The molecule has 1 atom stereocenters. The highest BCUT2D eigenvalue weighted by Gasteiger charge is 2.02. The fraction of sp³-hybridized carbons (Fsp3) is 0.333. The monoisotopic (exact) mass is 241 g/mol. The number of nitrogens with zero attached hydrogens (tertiary/aromatic N) is 2. The minimum atomic E-state index is 0.626. The molecular formula is C15H19N3. The average Bonchev–Trinajstić information content (AvgIpc) is 2.46. The largest absolute Gasteiger partial charge is 0.379 e. The zero-order valence-corrected chi connectivity index (χ0v) is 10.9. The minimum absolute atomic E-state index is 0.626. The van der Waals surface area contributed by atoms with Gasteiger partial charge in [-0.05, 0) is 36.1 Å². The predicted octanol–water partition coefficient (Wildman–Crippen LogP) is 3.60. The Kier molecular flexibility index (Phi) is 4.29. The maximum absolute atomic E-state index is 4.18. The van der Waals surface area contributed by atoms with E-state index >= 15 is 0 Å². The number of rotatable bonds is 5. The molecule has 0 fully saturated rings. The van der Waals surface area contributed by atoms with E-state index in [1.165, 1.54) is 12.0 Å². The van der Waals surface area contributed by atoms with Gasteiger partial charge in [0.25, 0.3) is 0 Å². The van der Waals surface area contributed by atoms with Gasteiger partial charge in [-0.3, -0.25) is 0 Å². The van der Waals surface area contributed by atoms with Crippen molar-refractivity contribution in [3.05, 3.63) is 54.1 Å². The summed E-state index contributed by atoms with van der Waals surface area (Å²) in [5.41, 5.74) is 3.52. The third-order valence-corrected chi connectivity index (χ3v) is 3.21. The summed E-state index contributed by atoms with van der Waals surface area (Å²) >= 11 is 0. The lowest BCUT2D eigenvalue weighted by Crippen LogP contribution is -2.01. The highest BCUT2D eigenvalue weighted by molar-refractivity contribution is 5.45. The molecule has 0 saturated heterocycles. The van der Waals surface area contributed by atoms with Gasteiger partial charge in [-0.25, -0.2) is 9.97 Å².